The van der Waals surface area contributed by atoms with Gasteiger partial charge in [-0.3, -0.25) is 14.4 Å². The molecular weight excluding hydrogens is 468 g/mol. The van der Waals surface area contributed by atoms with Crippen LogP contribution in [0.2, 0.25) is 0 Å². The van der Waals surface area contributed by atoms with Crippen LogP contribution in [0, 0.1) is 5.41 Å². The number of carbonyl (C=O) groups excluding carboxylic acids is 2. The highest BCUT2D eigenvalue weighted by Gasteiger charge is 2.42. The van der Waals surface area contributed by atoms with Gasteiger partial charge in [-0.05, 0) is 54.5 Å². The van der Waals surface area contributed by atoms with E-state index in [0.29, 0.717) is 18.5 Å². The van der Waals surface area contributed by atoms with Crippen molar-refractivity contribution in [3.05, 3.63) is 70.1 Å². The van der Waals surface area contributed by atoms with Crippen LogP contribution >= 0.6 is 0 Å². The molecule has 194 valence electrons. The summed E-state index contributed by atoms with van der Waals surface area (Å²) in [5.74, 6) is 0.972. The van der Waals surface area contributed by atoms with Gasteiger partial charge in [-0.25, -0.2) is 4.98 Å². The van der Waals surface area contributed by atoms with Crippen LogP contribution in [0.1, 0.15) is 36.9 Å². The average molecular weight is 503 g/mol. The number of amides is 2. The summed E-state index contributed by atoms with van der Waals surface area (Å²) in [5.41, 5.74) is 2.89. The Balaban J connectivity index is 1.14. The van der Waals surface area contributed by atoms with Gasteiger partial charge in [0, 0.05) is 46.1 Å². The van der Waals surface area contributed by atoms with Gasteiger partial charge in [-0.1, -0.05) is 24.3 Å². The quantitative estimate of drug-likeness (QED) is 0.518. The van der Waals surface area contributed by atoms with Crippen LogP contribution in [0.15, 0.2) is 53.3 Å². The Morgan fingerprint density at radius 1 is 0.973 bits per heavy atom. The third-order valence-corrected chi connectivity index (χ3v) is 8.08. The number of hydrogen-bond donors (Lipinski definition) is 0. The van der Waals surface area contributed by atoms with Crippen LogP contribution in [0.3, 0.4) is 0 Å². The van der Waals surface area contributed by atoms with E-state index in [9.17, 15) is 14.4 Å². The number of nitrogens with zero attached hydrogens (tertiary/aromatic N) is 4. The first-order valence-electron chi connectivity index (χ1n) is 13.0. The van der Waals surface area contributed by atoms with E-state index in [4.69, 9.17) is 4.74 Å². The monoisotopic (exact) mass is 502 g/mol. The first kappa shape index (κ1) is 25.0. The summed E-state index contributed by atoms with van der Waals surface area (Å²) in [6.07, 6.45) is 3.78. The minimum atomic E-state index is -0.143. The Bertz CT molecular complexity index is 1370. The van der Waals surface area contributed by atoms with Gasteiger partial charge in [-0.2, -0.15) is 0 Å². The van der Waals surface area contributed by atoms with Crippen molar-refractivity contribution in [2.24, 2.45) is 12.5 Å². The maximum Gasteiger partial charge on any atom is 0.272 e. The van der Waals surface area contributed by atoms with Crippen molar-refractivity contribution in [3.63, 3.8) is 0 Å². The molecule has 2 amide bonds. The van der Waals surface area contributed by atoms with Crippen LogP contribution in [0.4, 0.5) is 0 Å². The van der Waals surface area contributed by atoms with Crippen LogP contribution < -0.4 is 10.3 Å². The zero-order chi connectivity index (χ0) is 26.0. The van der Waals surface area contributed by atoms with Crippen LogP contribution in [0.25, 0.3) is 11.0 Å². The number of aromatic nitrogens is 2. The molecule has 5 rings (SSSR count). The lowest BCUT2D eigenvalue weighted by molar-refractivity contribution is -0.134. The van der Waals surface area contributed by atoms with E-state index >= 15 is 0 Å². The number of carbonyl (C=O) groups is 2. The summed E-state index contributed by atoms with van der Waals surface area (Å²) < 4.78 is 6.88. The fourth-order valence-corrected chi connectivity index (χ4v) is 5.74. The molecule has 2 fully saturated rings. The van der Waals surface area contributed by atoms with Gasteiger partial charge in [-0.15, -0.1) is 0 Å². The Labute approximate surface area is 216 Å². The molecule has 0 unspecified atom stereocenters. The molecule has 0 atom stereocenters. The molecular formula is C29H34N4O4. The fraction of sp³-hybridized carbons (Fsp3) is 0.448. The van der Waals surface area contributed by atoms with Gasteiger partial charge < -0.3 is 19.1 Å². The first-order valence-corrected chi connectivity index (χ1v) is 13.0. The van der Waals surface area contributed by atoms with Crippen molar-refractivity contribution in [2.75, 3.05) is 33.3 Å². The van der Waals surface area contributed by atoms with Crippen LogP contribution in [-0.4, -0.2) is 64.5 Å². The lowest BCUT2D eigenvalue weighted by atomic mass is 9.77. The Morgan fingerprint density at radius 3 is 2.46 bits per heavy atom. The molecule has 3 heterocycles. The number of ether oxygens (including phenoxy) is 1. The van der Waals surface area contributed by atoms with Gasteiger partial charge in [0.15, 0.2) is 0 Å². The third kappa shape index (κ3) is 5.24. The topological polar surface area (TPSA) is 84.7 Å². The highest BCUT2D eigenvalue weighted by Crippen LogP contribution is 2.40. The zero-order valence-electron chi connectivity index (χ0n) is 21.6. The molecule has 2 aliphatic rings. The van der Waals surface area contributed by atoms with E-state index in [1.54, 1.807) is 18.7 Å². The van der Waals surface area contributed by atoms with Crippen molar-refractivity contribution >= 4 is 22.8 Å². The van der Waals surface area contributed by atoms with Gasteiger partial charge in [0.05, 0.1) is 24.6 Å². The minimum absolute atomic E-state index is 0.0745. The van der Waals surface area contributed by atoms with Crippen molar-refractivity contribution in [1.29, 1.82) is 0 Å². The third-order valence-electron chi connectivity index (χ3n) is 8.08. The van der Waals surface area contributed by atoms with Gasteiger partial charge in [0.25, 0.3) is 5.56 Å². The average Bonchev–Trinajstić information content (AvgIpc) is 3.33. The van der Waals surface area contributed by atoms with E-state index in [1.165, 1.54) is 0 Å². The highest BCUT2D eigenvalue weighted by molar-refractivity contribution is 5.79. The molecule has 1 aromatic heterocycles. The number of methoxy groups -OCH3 is 1. The van der Waals surface area contributed by atoms with Crippen molar-refractivity contribution in [1.82, 2.24) is 19.4 Å². The van der Waals surface area contributed by atoms with Crippen molar-refractivity contribution in [2.45, 2.75) is 38.5 Å². The second-order valence-electron chi connectivity index (χ2n) is 10.4. The predicted molar refractivity (Wildman–Crippen MR) is 141 cm³/mol. The molecule has 0 N–H and O–H groups in total. The molecule has 2 saturated heterocycles. The van der Waals surface area contributed by atoms with E-state index < -0.39 is 0 Å². The maximum atomic E-state index is 13.0. The summed E-state index contributed by atoms with van der Waals surface area (Å²) in [6, 6.07) is 15.2. The molecule has 37 heavy (non-hydrogen) atoms. The fourth-order valence-electron chi connectivity index (χ4n) is 5.74. The summed E-state index contributed by atoms with van der Waals surface area (Å²) in [5, 5.41) is 0. The standard InChI is InChI=1S/C29H34N4O4/c1-31-25-9-4-3-8-23(25)30-24(28(31)36)10-11-26(34)33-17-14-29(20-33)12-15-32(16-13-29)27(35)19-21-6-5-7-22(18-21)37-2/h3-9,18H,10-17,19-20H2,1-2H3. The number of piperidine rings is 1. The number of benzene rings is 2. The molecule has 0 bridgehead atoms. The van der Waals surface area contributed by atoms with Crippen molar-refractivity contribution < 1.29 is 14.3 Å². The van der Waals surface area contributed by atoms with Crippen molar-refractivity contribution in [3.8, 4) is 5.75 Å². The van der Waals surface area contributed by atoms with Gasteiger partial charge >= 0.3 is 0 Å². The number of rotatable bonds is 6. The van der Waals surface area contributed by atoms with Gasteiger partial charge in [0.1, 0.15) is 11.4 Å². The minimum Gasteiger partial charge on any atom is -0.497 e. The lowest BCUT2D eigenvalue weighted by Crippen LogP contribution is -2.45. The van der Waals surface area contributed by atoms with E-state index in [1.807, 2.05) is 58.3 Å². The number of likely N-dealkylation sites (tertiary alicyclic amines) is 2. The predicted octanol–water partition coefficient (Wildman–Crippen LogP) is 2.96. The zero-order valence-corrected chi connectivity index (χ0v) is 21.6. The van der Waals surface area contributed by atoms with Crippen LogP contribution in [-0.2, 0) is 29.5 Å². The molecule has 8 heteroatoms. The molecule has 2 aromatic carbocycles. The Kier molecular flexibility index (Phi) is 7.00. The number of aryl methyl sites for hydroxylation is 2. The first-order chi connectivity index (χ1) is 17.9. The maximum absolute atomic E-state index is 13.0. The molecule has 8 nitrogen and oxygen atoms in total. The van der Waals surface area contributed by atoms with Gasteiger partial charge in [0.2, 0.25) is 11.8 Å². The Hall–Kier alpha value is -3.68. The summed E-state index contributed by atoms with van der Waals surface area (Å²) in [6.45, 7) is 2.91. The molecule has 2 aliphatic heterocycles. The molecule has 3 aromatic rings. The largest absolute Gasteiger partial charge is 0.497 e. The number of fused-ring (bicyclic) bond motifs is 1. The number of para-hydroxylation sites is 2. The van der Waals surface area contributed by atoms with E-state index in [2.05, 4.69) is 4.98 Å². The molecule has 0 aliphatic carbocycles. The summed E-state index contributed by atoms with van der Waals surface area (Å²) in [7, 11) is 3.37. The summed E-state index contributed by atoms with van der Waals surface area (Å²) >= 11 is 0. The molecule has 1 spiro atoms. The smallest absolute Gasteiger partial charge is 0.272 e. The van der Waals surface area contributed by atoms with E-state index in [0.717, 1.165) is 67.8 Å². The summed E-state index contributed by atoms with van der Waals surface area (Å²) in [4.78, 5) is 47.1. The molecule has 0 radical (unpaired) electrons. The van der Waals surface area contributed by atoms with E-state index in [-0.39, 0.29) is 29.2 Å². The number of hydrogen-bond acceptors (Lipinski definition) is 5. The SMILES string of the molecule is COc1cccc(CC(=O)N2CCC3(CC2)CCN(C(=O)CCc2nc4ccccc4n(C)c2=O)C3)c1. The molecule has 0 saturated carbocycles. The second-order valence-corrected chi connectivity index (χ2v) is 10.4. The Morgan fingerprint density at radius 2 is 1.70 bits per heavy atom. The van der Waals surface area contributed by atoms with Crippen LogP contribution in [0.5, 0.6) is 5.75 Å². The second kappa shape index (κ2) is 10.4. The normalized spacial score (nSPS) is 16.9. The lowest BCUT2D eigenvalue weighted by Gasteiger charge is -2.39. The highest BCUT2D eigenvalue weighted by atomic mass is 16.5.